The number of rotatable bonds is 7. The van der Waals surface area contributed by atoms with Crippen LogP contribution < -0.4 is 10.7 Å². The number of amides is 2. The van der Waals surface area contributed by atoms with E-state index in [2.05, 4.69) is 15.8 Å². The molecule has 0 aliphatic rings. The molecule has 1 aromatic heterocycles. The standard InChI is InChI=1S/C26H23FN4O2/c1-18-6-12-22(13-7-18)29-26(33)17-31-16-20(23-4-2-3-5-24(23)31)15-28-30-25(32)14-19-8-10-21(27)11-9-19/h2-13,15-16H,14,17H2,1H3,(H,29,33)(H,30,32)/b28-15+. The Morgan fingerprint density at radius 2 is 1.70 bits per heavy atom. The van der Waals surface area contributed by atoms with Gasteiger partial charge in [-0.2, -0.15) is 5.10 Å². The normalized spacial score (nSPS) is 11.1. The topological polar surface area (TPSA) is 75.5 Å². The lowest BCUT2D eigenvalue weighted by molar-refractivity contribution is -0.120. The van der Waals surface area contributed by atoms with E-state index in [4.69, 9.17) is 0 Å². The van der Waals surface area contributed by atoms with E-state index in [-0.39, 0.29) is 30.6 Å². The number of fused-ring (bicyclic) bond motifs is 1. The average Bonchev–Trinajstić information content (AvgIpc) is 3.14. The van der Waals surface area contributed by atoms with Crippen LogP contribution in [0.1, 0.15) is 16.7 Å². The van der Waals surface area contributed by atoms with Gasteiger partial charge in [-0.3, -0.25) is 9.59 Å². The highest BCUT2D eigenvalue weighted by Gasteiger charge is 2.11. The molecule has 0 spiro atoms. The number of hydrogen-bond acceptors (Lipinski definition) is 3. The maximum absolute atomic E-state index is 13.0. The number of hydrogen-bond donors (Lipinski definition) is 2. The van der Waals surface area contributed by atoms with Crippen molar-refractivity contribution in [2.24, 2.45) is 5.10 Å². The second-order valence-electron chi connectivity index (χ2n) is 7.74. The van der Waals surface area contributed by atoms with Crippen molar-refractivity contribution in [2.75, 3.05) is 5.32 Å². The Kier molecular flexibility index (Phi) is 6.59. The fourth-order valence-corrected chi connectivity index (χ4v) is 3.50. The largest absolute Gasteiger partial charge is 0.337 e. The zero-order valence-corrected chi connectivity index (χ0v) is 18.1. The van der Waals surface area contributed by atoms with Gasteiger partial charge in [0.2, 0.25) is 11.8 Å². The van der Waals surface area contributed by atoms with Gasteiger partial charge in [0, 0.05) is 28.4 Å². The number of nitrogens with zero attached hydrogens (tertiary/aromatic N) is 2. The Bertz CT molecular complexity index is 1310. The van der Waals surface area contributed by atoms with E-state index < -0.39 is 0 Å². The molecule has 0 saturated carbocycles. The van der Waals surface area contributed by atoms with Gasteiger partial charge in [-0.1, -0.05) is 48.0 Å². The number of hydrazone groups is 1. The molecule has 3 aromatic carbocycles. The number of benzene rings is 3. The molecule has 0 aliphatic heterocycles. The summed E-state index contributed by atoms with van der Waals surface area (Å²) in [6.45, 7) is 2.13. The van der Waals surface area contributed by atoms with Gasteiger partial charge in [-0.15, -0.1) is 0 Å². The van der Waals surface area contributed by atoms with Crippen LogP contribution >= 0.6 is 0 Å². The summed E-state index contributed by atoms with van der Waals surface area (Å²) in [5.41, 5.74) is 6.71. The van der Waals surface area contributed by atoms with E-state index in [1.54, 1.807) is 18.3 Å². The number of halogens is 1. The zero-order valence-electron chi connectivity index (χ0n) is 18.1. The molecule has 7 heteroatoms. The van der Waals surface area contributed by atoms with Crippen molar-refractivity contribution in [3.05, 3.63) is 102 Å². The first kappa shape index (κ1) is 22.0. The lowest BCUT2D eigenvalue weighted by atomic mass is 10.1. The van der Waals surface area contributed by atoms with Gasteiger partial charge in [0.15, 0.2) is 0 Å². The molecule has 2 amide bonds. The van der Waals surface area contributed by atoms with Crippen molar-refractivity contribution in [1.82, 2.24) is 9.99 Å². The Balaban J connectivity index is 1.43. The summed E-state index contributed by atoms with van der Waals surface area (Å²) < 4.78 is 14.8. The Morgan fingerprint density at radius 1 is 0.970 bits per heavy atom. The molecular weight excluding hydrogens is 419 g/mol. The van der Waals surface area contributed by atoms with Gasteiger partial charge in [0.25, 0.3) is 0 Å². The van der Waals surface area contributed by atoms with Crippen molar-refractivity contribution in [3.63, 3.8) is 0 Å². The van der Waals surface area contributed by atoms with E-state index in [0.29, 0.717) is 5.56 Å². The van der Waals surface area contributed by atoms with Gasteiger partial charge in [-0.25, -0.2) is 9.82 Å². The van der Waals surface area contributed by atoms with Crippen LogP contribution in [0.4, 0.5) is 10.1 Å². The smallest absolute Gasteiger partial charge is 0.244 e. The molecule has 6 nitrogen and oxygen atoms in total. The Labute approximate surface area is 190 Å². The summed E-state index contributed by atoms with van der Waals surface area (Å²) in [4.78, 5) is 24.7. The third-order valence-electron chi connectivity index (χ3n) is 5.14. The van der Waals surface area contributed by atoms with Gasteiger partial charge < -0.3 is 9.88 Å². The first-order chi connectivity index (χ1) is 16.0. The molecule has 0 atom stereocenters. The first-order valence-electron chi connectivity index (χ1n) is 10.5. The van der Waals surface area contributed by atoms with E-state index >= 15 is 0 Å². The summed E-state index contributed by atoms with van der Waals surface area (Å²) >= 11 is 0. The number of aromatic nitrogens is 1. The highest BCUT2D eigenvalue weighted by molar-refractivity contribution is 6.00. The van der Waals surface area contributed by atoms with Gasteiger partial charge in [-0.05, 0) is 42.8 Å². The molecule has 0 radical (unpaired) electrons. The zero-order chi connectivity index (χ0) is 23.2. The van der Waals surface area contributed by atoms with Crippen molar-refractivity contribution >= 4 is 34.6 Å². The van der Waals surface area contributed by atoms with E-state index in [1.165, 1.54) is 12.1 Å². The van der Waals surface area contributed by atoms with Gasteiger partial charge in [0.1, 0.15) is 12.4 Å². The number of anilines is 1. The van der Waals surface area contributed by atoms with E-state index in [1.807, 2.05) is 66.2 Å². The van der Waals surface area contributed by atoms with Gasteiger partial charge in [0.05, 0.1) is 12.6 Å². The van der Waals surface area contributed by atoms with Crippen LogP contribution in [0.3, 0.4) is 0 Å². The fraction of sp³-hybridized carbons (Fsp3) is 0.115. The first-order valence-corrected chi connectivity index (χ1v) is 10.5. The van der Waals surface area contributed by atoms with E-state index in [9.17, 15) is 14.0 Å². The van der Waals surface area contributed by atoms with Crippen LogP contribution in [0.15, 0.2) is 84.1 Å². The third kappa shape index (κ3) is 5.71. The van der Waals surface area contributed by atoms with Crippen LogP contribution in [0.5, 0.6) is 0 Å². The predicted octanol–water partition coefficient (Wildman–Crippen LogP) is 4.42. The summed E-state index contributed by atoms with van der Waals surface area (Å²) in [6.07, 6.45) is 3.48. The summed E-state index contributed by atoms with van der Waals surface area (Å²) in [6, 6.07) is 21.1. The number of carbonyl (C=O) groups excluding carboxylic acids is 2. The number of nitrogens with one attached hydrogen (secondary N) is 2. The number of para-hydroxylation sites is 1. The SMILES string of the molecule is Cc1ccc(NC(=O)Cn2cc(/C=N/NC(=O)Cc3ccc(F)cc3)c3ccccc32)cc1. The quantitative estimate of drug-likeness (QED) is 0.328. The molecule has 0 unspecified atom stereocenters. The lowest BCUT2D eigenvalue weighted by Gasteiger charge is -2.07. The second-order valence-corrected chi connectivity index (χ2v) is 7.74. The Morgan fingerprint density at radius 3 is 2.45 bits per heavy atom. The Hall–Kier alpha value is -4.26. The second kappa shape index (κ2) is 9.91. The number of carbonyl (C=O) groups is 2. The molecular formula is C26H23FN4O2. The molecule has 2 N–H and O–H groups in total. The highest BCUT2D eigenvalue weighted by atomic mass is 19.1. The summed E-state index contributed by atoms with van der Waals surface area (Å²) in [7, 11) is 0. The van der Waals surface area contributed by atoms with Crippen LogP contribution in [0.2, 0.25) is 0 Å². The van der Waals surface area contributed by atoms with Crippen molar-refractivity contribution in [1.29, 1.82) is 0 Å². The van der Waals surface area contributed by atoms with Crippen LogP contribution in [0.25, 0.3) is 10.9 Å². The van der Waals surface area contributed by atoms with Crippen molar-refractivity contribution < 1.29 is 14.0 Å². The molecule has 1 heterocycles. The maximum atomic E-state index is 13.0. The van der Waals surface area contributed by atoms with E-state index in [0.717, 1.165) is 27.7 Å². The molecule has 0 aliphatic carbocycles. The van der Waals surface area contributed by atoms with Crippen molar-refractivity contribution in [2.45, 2.75) is 19.9 Å². The van der Waals surface area contributed by atoms with Crippen molar-refractivity contribution in [3.8, 4) is 0 Å². The summed E-state index contributed by atoms with van der Waals surface area (Å²) in [5.74, 6) is -0.795. The average molecular weight is 442 g/mol. The lowest BCUT2D eigenvalue weighted by Crippen LogP contribution is -2.19. The molecule has 0 fully saturated rings. The molecule has 33 heavy (non-hydrogen) atoms. The van der Waals surface area contributed by atoms with Crippen LogP contribution in [-0.2, 0) is 22.6 Å². The molecule has 4 aromatic rings. The maximum Gasteiger partial charge on any atom is 0.244 e. The van der Waals surface area contributed by atoms with Crippen LogP contribution in [0, 0.1) is 12.7 Å². The highest BCUT2D eigenvalue weighted by Crippen LogP contribution is 2.20. The predicted molar refractivity (Wildman–Crippen MR) is 128 cm³/mol. The minimum Gasteiger partial charge on any atom is -0.337 e. The minimum absolute atomic E-state index is 0.0958. The monoisotopic (exact) mass is 442 g/mol. The molecule has 0 bridgehead atoms. The molecule has 4 rings (SSSR count). The van der Waals surface area contributed by atoms with Gasteiger partial charge >= 0.3 is 0 Å². The molecule has 0 saturated heterocycles. The third-order valence-corrected chi connectivity index (χ3v) is 5.14. The molecule has 166 valence electrons. The fourth-order valence-electron chi connectivity index (χ4n) is 3.50. The minimum atomic E-state index is -0.346. The number of aryl methyl sites for hydroxylation is 1. The van der Waals surface area contributed by atoms with Crippen LogP contribution in [-0.4, -0.2) is 22.6 Å². The summed E-state index contributed by atoms with van der Waals surface area (Å²) in [5, 5.41) is 7.88.